The van der Waals surface area contributed by atoms with Gasteiger partial charge >= 0.3 is 11.9 Å². The lowest BCUT2D eigenvalue weighted by molar-refractivity contribution is -0.161. The number of cyclic esters (lactones) is 1. The van der Waals surface area contributed by atoms with E-state index in [0.29, 0.717) is 5.76 Å². The summed E-state index contributed by atoms with van der Waals surface area (Å²) in [6.45, 7) is 1.31. The smallest absolute Gasteiger partial charge is 0.335 e. The molecule has 1 aromatic carbocycles. The molecule has 0 bridgehead atoms. The van der Waals surface area contributed by atoms with E-state index in [2.05, 4.69) is 0 Å². The van der Waals surface area contributed by atoms with Crippen molar-refractivity contribution in [1.82, 2.24) is 0 Å². The van der Waals surface area contributed by atoms with Crippen LogP contribution in [0.1, 0.15) is 18.6 Å². The summed E-state index contributed by atoms with van der Waals surface area (Å²) in [5.41, 5.74) is 0.983. The molecule has 0 radical (unpaired) electrons. The summed E-state index contributed by atoms with van der Waals surface area (Å²) in [5.74, 6) is -0.653. The number of ether oxygens (including phenoxy) is 4. The highest BCUT2D eigenvalue weighted by Crippen LogP contribution is 2.44. The van der Waals surface area contributed by atoms with E-state index in [1.165, 1.54) is 20.1 Å². The largest absolute Gasteiger partial charge is 0.497 e. The highest BCUT2D eigenvalue weighted by molar-refractivity contribution is 5.85. The van der Waals surface area contributed by atoms with Gasteiger partial charge in [0, 0.05) is 6.92 Å². The molecule has 6 nitrogen and oxygen atoms in total. The van der Waals surface area contributed by atoms with Crippen molar-refractivity contribution in [3.05, 3.63) is 47.7 Å². The molecule has 0 amide bonds. The van der Waals surface area contributed by atoms with Gasteiger partial charge in [-0.15, -0.1) is 0 Å². The molecule has 4 atom stereocenters. The fourth-order valence-corrected chi connectivity index (χ4v) is 2.60. The molecule has 0 unspecified atom stereocenters. The summed E-state index contributed by atoms with van der Waals surface area (Å²) in [6, 6.07) is 9.59. The van der Waals surface area contributed by atoms with Crippen LogP contribution in [0.5, 0.6) is 0 Å². The first-order valence-electron chi connectivity index (χ1n) is 6.94. The van der Waals surface area contributed by atoms with E-state index in [-0.39, 0.29) is 12.2 Å². The Morgan fingerprint density at radius 3 is 2.64 bits per heavy atom. The molecule has 1 aromatic rings. The topological polar surface area (TPSA) is 74.4 Å². The minimum absolute atomic E-state index is 0.192. The van der Waals surface area contributed by atoms with Crippen LogP contribution in [0.25, 0.3) is 0 Å². The molecule has 1 fully saturated rings. The summed E-state index contributed by atoms with van der Waals surface area (Å²) in [6.07, 6.45) is -0.828. The Balaban J connectivity index is 1.79. The summed E-state index contributed by atoms with van der Waals surface area (Å²) in [5, 5.41) is 0. The summed E-state index contributed by atoms with van der Waals surface area (Å²) in [7, 11) is 1.44. The number of carbonyl (C=O) groups is 2. The van der Waals surface area contributed by atoms with Gasteiger partial charge in [-0.3, -0.25) is 4.79 Å². The second kappa shape index (κ2) is 5.81. The SMILES string of the molecule is COC1=CC(=O)O[C@H]1[C@H](OC(C)=O)[C@H]1O[C@H]1c1ccccc1. The van der Waals surface area contributed by atoms with Crippen LogP contribution in [0.2, 0.25) is 0 Å². The second-order valence-electron chi connectivity index (χ2n) is 5.11. The van der Waals surface area contributed by atoms with Crippen molar-refractivity contribution in [2.24, 2.45) is 0 Å². The van der Waals surface area contributed by atoms with Gasteiger partial charge in [-0.05, 0) is 5.56 Å². The third-order valence-electron chi connectivity index (χ3n) is 3.60. The molecule has 22 heavy (non-hydrogen) atoms. The molecular formula is C16H16O6. The van der Waals surface area contributed by atoms with E-state index < -0.39 is 24.1 Å². The third-order valence-corrected chi connectivity index (χ3v) is 3.60. The van der Waals surface area contributed by atoms with Gasteiger partial charge in [-0.2, -0.15) is 0 Å². The minimum Gasteiger partial charge on any atom is -0.497 e. The van der Waals surface area contributed by atoms with Crippen LogP contribution < -0.4 is 0 Å². The molecule has 0 aromatic heterocycles. The van der Waals surface area contributed by atoms with Crippen molar-refractivity contribution in [1.29, 1.82) is 0 Å². The zero-order valence-corrected chi connectivity index (χ0v) is 12.2. The Bertz CT molecular complexity index is 608. The highest BCUT2D eigenvalue weighted by atomic mass is 16.7. The molecule has 0 spiro atoms. The Hall–Kier alpha value is -2.34. The van der Waals surface area contributed by atoms with Crippen molar-refractivity contribution in [2.75, 3.05) is 7.11 Å². The lowest BCUT2D eigenvalue weighted by Crippen LogP contribution is -2.38. The Morgan fingerprint density at radius 2 is 2.00 bits per heavy atom. The quantitative estimate of drug-likeness (QED) is 0.606. The predicted octanol–water partition coefficient (Wildman–Crippen LogP) is 1.51. The zero-order valence-electron chi connectivity index (χ0n) is 12.2. The first kappa shape index (κ1) is 14.6. The van der Waals surface area contributed by atoms with Crippen LogP contribution in [-0.2, 0) is 28.5 Å². The molecule has 0 aliphatic carbocycles. The monoisotopic (exact) mass is 304 g/mol. The maximum absolute atomic E-state index is 11.4. The van der Waals surface area contributed by atoms with Crippen LogP contribution in [0, 0.1) is 0 Å². The van der Waals surface area contributed by atoms with E-state index in [9.17, 15) is 9.59 Å². The van der Waals surface area contributed by atoms with Crippen molar-refractivity contribution in [2.45, 2.75) is 31.3 Å². The summed E-state index contributed by atoms with van der Waals surface area (Å²) < 4.78 is 21.3. The highest BCUT2D eigenvalue weighted by Gasteiger charge is 2.54. The average molecular weight is 304 g/mol. The zero-order chi connectivity index (χ0) is 15.7. The number of epoxide rings is 1. The Morgan fingerprint density at radius 1 is 1.27 bits per heavy atom. The minimum atomic E-state index is -0.778. The van der Waals surface area contributed by atoms with Crippen molar-refractivity contribution in [3.8, 4) is 0 Å². The number of carbonyl (C=O) groups excluding carboxylic acids is 2. The number of hydrogen-bond acceptors (Lipinski definition) is 6. The number of benzene rings is 1. The molecule has 116 valence electrons. The molecule has 6 heteroatoms. The van der Waals surface area contributed by atoms with Crippen LogP contribution in [-0.4, -0.2) is 37.4 Å². The van der Waals surface area contributed by atoms with Gasteiger partial charge in [0.25, 0.3) is 0 Å². The average Bonchev–Trinajstić information content (AvgIpc) is 3.21. The number of hydrogen-bond donors (Lipinski definition) is 0. The molecular weight excluding hydrogens is 288 g/mol. The first-order valence-corrected chi connectivity index (χ1v) is 6.94. The van der Waals surface area contributed by atoms with E-state index in [1.54, 1.807) is 0 Å². The van der Waals surface area contributed by atoms with Gasteiger partial charge in [0.05, 0.1) is 13.2 Å². The van der Waals surface area contributed by atoms with Crippen LogP contribution in [0.3, 0.4) is 0 Å². The van der Waals surface area contributed by atoms with Crippen LogP contribution in [0.15, 0.2) is 42.2 Å². The van der Waals surface area contributed by atoms with Gasteiger partial charge in [0.15, 0.2) is 12.2 Å². The molecule has 0 N–H and O–H groups in total. The van der Waals surface area contributed by atoms with Crippen molar-refractivity contribution < 1.29 is 28.5 Å². The van der Waals surface area contributed by atoms with E-state index >= 15 is 0 Å². The molecule has 0 saturated carbocycles. The number of esters is 2. The second-order valence-corrected chi connectivity index (χ2v) is 5.11. The summed E-state index contributed by atoms with van der Waals surface area (Å²) in [4.78, 5) is 22.8. The Kier molecular flexibility index (Phi) is 3.85. The molecule has 1 saturated heterocycles. The number of methoxy groups -OCH3 is 1. The lowest BCUT2D eigenvalue weighted by atomic mass is 10.0. The molecule has 2 heterocycles. The van der Waals surface area contributed by atoms with Gasteiger partial charge in [0.2, 0.25) is 0 Å². The van der Waals surface area contributed by atoms with Gasteiger partial charge in [0.1, 0.15) is 18.0 Å². The normalized spacial score (nSPS) is 27.6. The van der Waals surface area contributed by atoms with E-state index in [4.69, 9.17) is 18.9 Å². The standard InChI is InChI=1S/C16H16O6/c1-9(17)20-16(14-11(19-2)8-12(18)21-14)15-13(22-15)10-6-4-3-5-7-10/h3-8,13-16H,1-2H3/t13-,14+,15-,16-/m0/s1. The van der Waals surface area contributed by atoms with E-state index in [1.807, 2.05) is 30.3 Å². The lowest BCUT2D eigenvalue weighted by Gasteiger charge is -2.22. The van der Waals surface area contributed by atoms with Gasteiger partial charge in [-0.25, -0.2) is 4.79 Å². The molecule has 2 aliphatic rings. The number of rotatable bonds is 5. The fraction of sp³-hybridized carbons (Fsp3) is 0.375. The van der Waals surface area contributed by atoms with Gasteiger partial charge in [-0.1, -0.05) is 30.3 Å². The Labute approximate surface area is 127 Å². The van der Waals surface area contributed by atoms with Crippen molar-refractivity contribution in [3.63, 3.8) is 0 Å². The summed E-state index contributed by atoms with van der Waals surface area (Å²) >= 11 is 0. The molecule has 2 aliphatic heterocycles. The predicted molar refractivity (Wildman–Crippen MR) is 74.6 cm³/mol. The maximum Gasteiger partial charge on any atom is 0.335 e. The molecule has 3 rings (SSSR count). The van der Waals surface area contributed by atoms with Crippen LogP contribution in [0.4, 0.5) is 0 Å². The van der Waals surface area contributed by atoms with Gasteiger partial charge < -0.3 is 18.9 Å². The van der Waals surface area contributed by atoms with E-state index in [0.717, 1.165) is 5.56 Å². The fourth-order valence-electron chi connectivity index (χ4n) is 2.60. The first-order chi connectivity index (χ1) is 10.6. The third kappa shape index (κ3) is 2.82. The maximum atomic E-state index is 11.4. The van der Waals surface area contributed by atoms with Crippen molar-refractivity contribution >= 4 is 11.9 Å². The van der Waals surface area contributed by atoms with Crippen LogP contribution >= 0.6 is 0 Å².